The Morgan fingerprint density at radius 1 is 1.13 bits per heavy atom. The minimum Gasteiger partial charge on any atom is -0.493 e. The van der Waals surface area contributed by atoms with Gasteiger partial charge in [-0.15, -0.1) is 0 Å². The average molecular weight is 527 g/mol. The number of benzene rings is 2. The van der Waals surface area contributed by atoms with Crippen LogP contribution in [0.4, 0.5) is 0 Å². The number of nitrogens with one attached hydrogen (secondary N) is 2. The summed E-state index contributed by atoms with van der Waals surface area (Å²) in [5, 5.41) is 5.83. The molecule has 1 fully saturated rings. The molecule has 2 aromatic rings. The number of carbonyl (C=O) groups excluding carboxylic acids is 3. The lowest BCUT2D eigenvalue weighted by molar-refractivity contribution is -0.131. The number of amides is 3. The molecule has 0 unspecified atom stereocenters. The monoisotopic (exact) mass is 526 g/mol. The summed E-state index contributed by atoms with van der Waals surface area (Å²) in [5.74, 6) is 0.570. The van der Waals surface area contributed by atoms with Gasteiger partial charge in [-0.05, 0) is 42.9 Å². The summed E-state index contributed by atoms with van der Waals surface area (Å²) in [6, 6.07) is 11.7. The number of nitrogens with zero attached hydrogens (tertiary/aromatic N) is 2. The first-order valence-corrected chi connectivity index (χ1v) is 12.5. The van der Waals surface area contributed by atoms with Crippen LogP contribution in [0.5, 0.6) is 17.2 Å². The van der Waals surface area contributed by atoms with Crippen LogP contribution >= 0.6 is 0 Å². The molecule has 3 amide bonds. The van der Waals surface area contributed by atoms with Crippen LogP contribution in [0.2, 0.25) is 0 Å². The number of carbonyl (C=O) groups is 3. The van der Waals surface area contributed by atoms with Crippen LogP contribution in [0, 0.1) is 0 Å². The number of rotatable bonds is 6. The van der Waals surface area contributed by atoms with Gasteiger partial charge in [0.2, 0.25) is 5.91 Å². The van der Waals surface area contributed by atoms with E-state index in [9.17, 15) is 14.4 Å². The molecule has 1 saturated heterocycles. The van der Waals surface area contributed by atoms with Crippen molar-refractivity contribution >= 4 is 17.7 Å². The largest absolute Gasteiger partial charge is 0.493 e. The van der Waals surface area contributed by atoms with Crippen molar-refractivity contribution in [3.8, 4) is 17.2 Å². The highest BCUT2D eigenvalue weighted by atomic mass is 16.5. The van der Waals surface area contributed by atoms with E-state index in [0.717, 1.165) is 5.56 Å². The van der Waals surface area contributed by atoms with E-state index in [2.05, 4.69) is 10.6 Å². The second-order valence-electron chi connectivity index (χ2n) is 9.34. The van der Waals surface area contributed by atoms with Crippen LogP contribution in [0.25, 0.3) is 0 Å². The lowest BCUT2D eigenvalue weighted by atomic mass is 10.1. The van der Waals surface area contributed by atoms with Crippen molar-refractivity contribution in [3.05, 3.63) is 53.6 Å². The van der Waals surface area contributed by atoms with Crippen molar-refractivity contribution < 1.29 is 33.3 Å². The molecule has 3 aliphatic heterocycles. The van der Waals surface area contributed by atoms with Gasteiger partial charge in [0.1, 0.15) is 11.9 Å². The maximum atomic E-state index is 13.3. The molecule has 38 heavy (non-hydrogen) atoms. The summed E-state index contributed by atoms with van der Waals surface area (Å²) in [5.41, 5.74) is 1.22. The van der Waals surface area contributed by atoms with Gasteiger partial charge in [0.05, 0.1) is 32.8 Å². The van der Waals surface area contributed by atoms with Crippen molar-refractivity contribution in [2.45, 2.75) is 18.7 Å². The summed E-state index contributed by atoms with van der Waals surface area (Å²) in [6.07, 6.45) is -0.456. The van der Waals surface area contributed by atoms with Crippen LogP contribution in [0.1, 0.15) is 15.9 Å². The molecule has 0 aromatic heterocycles. The summed E-state index contributed by atoms with van der Waals surface area (Å²) in [4.78, 5) is 42.2. The molecule has 5 rings (SSSR count). The molecule has 11 nitrogen and oxygen atoms in total. The van der Waals surface area contributed by atoms with E-state index in [1.54, 1.807) is 24.1 Å². The molecule has 3 heterocycles. The van der Waals surface area contributed by atoms with E-state index in [-0.39, 0.29) is 36.6 Å². The number of likely N-dealkylation sites (N-methyl/N-ethyl adjacent to an activating group) is 1. The number of hydrogen-bond acceptors (Lipinski definition) is 8. The van der Waals surface area contributed by atoms with Crippen molar-refractivity contribution in [1.82, 2.24) is 20.4 Å². The maximum Gasteiger partial charge on any atom is 0.258 e. The van der Waals surface area contributed by atoms with Crippen LogP contribution in [-0.4, -0.2) is 100 Å². The van der Waals surface area contributed by atoms with E-state index < -0.39 is 12.1 Å². The summed E-state index contributed by atoms with van der Waals surface area (Å²) < 4.78 is 22.4. The van der Waals surface area contributed by atoms with E-state index in [1.807, 2.05) is 36.2 Å². The topological polar surface area (TPSA) is 119 Å². The van der Waals surface area contributed by atoms with Gasteiger partial charge < -0.3 is 34.5 Å². The zero-order valence-electron chi connectivity index (χ0n) is 21.9. The Balaban J connectivity index is 1.57. The average Bonchev–Trinajstić information content (AvgIpc) is 3.31. The second kappa shape index (κ2) is 12.6. The number of hydrogen-bond donors (Lipinski definition) is 2. The number of likely N-dealkylation sites (tertiary alicyclic amines) is 1. The Morgan fingerprint density at radius 2 is 1.92 bits per heavy atom. The van der Waals surface area contributed by atoms with Crippen LogP contribution in [0.15, 0.2) is 42.5 Å². The molecule has 0 saturated carbocycles. The molecule has 3 aliphatic rings. The van der Waals surface area contributed by atoms with E-state index in [0.29, 0.717) is 49.8 Å². The zero-order valence-corrected chi connectivity index (χ0v) is 21.9. The molecular formula is C27H34N4O7. The Labute approximate surface area is 222 Å². The number of fused-ring (bicyclic) bond motifs is 7. The van der Waals surface area contributed by atoms with Crippen LogP contribution in [0.3, 0.4) is 0 Å². The first-order chi connectivity index (χ1) is 18.4. The molecule has 2 atom stereocenters. The third kappa shape index (κ3) is 6.93. The molecule has 4 bridgehead atoms. The summed E-state index contributed by atoms with van der Waals surface area (Å²) in [6.45, 7) is 2.12. The highest BCUT2D eigenvalue weighted by molar-refractivity contribution is 5.95. The van der Waals surface area contributed by atoms with Crippen molar-refractivity contribution in [2.24, 2.45) is 0 Å². The Kier molecular flexibility index (Phi) is 9.03. The molecular weight excluding hydrogens is 492 g/mol. The number of methoxy groups -OCH3 is 2. The zero-order chi connectivity index (χ0) is 27.1. The van der Waals surface area contributed by atoms with Gasteiger partial charge in [-0.2, -0.15) is 0 Å². The quantitative estimate of drug-likeness (QED) is 0.564. The van der Waals surface area contributed by atoms with Crippen LogP contribution in [-0.2, 0) is 20.9 Å². The smallest absolute Gasteiger partial charge is 0.258 e. The van der Waals surface area contributed by atoms with Gasteiger partial charge in [-0.3, -0.25) is 19.3 Å². The molecule has 204 valence electrons. The lowest BCUT2D eigenvalue weighted by Gasteiger charge is -2.21. The normalized spacial score (nSPS) is 19.6. The molecule has 0 radical (unpaired) electrons. The van der Waals surface area contributed by atoms with E-state index in [1.165, 1.54) is 13.2 Å². The maximum absolute atomic E-state index is 13.3. The minimum atomic E-state index is -0.456. The SMILES string of the molecule is COCCN(C)CC(=O)N1C[C@@H]2NC(=O)c3ccc(OC)c(c3)OCC(=O)NCc3ccc(cc3)O[C@H]2C1. The fourth-order valence-electron chi connectivity index (χ4n) is 4.33. The predicted octanol–water partition coefficient (Wildman–Crippen LogP) is 0.670. The number of ether oxygens (including phenoxy) is 4. The molecule has 2 N–H and O–H groups in total. The van der Waals surface area contributed by atoms with Gasteiger partial charge in [-0.25, -0.2) is 0 Å². The van der Waals surface area contributed by atoms with Gasteiger partial charge in [-0.1, -0.05) is 12.1 Å². The van der Waals surface area contributed by atoms with E-state index in [4.69, 9.17) is 18.9 Å². The Hall–Kier alpha value is -3.83. The third-order valence-corrected chi connectivity index (χ3v) is 6.50. The first-order valence-electron chi connectivity index (χ1n) is 12.5. The third-order valence-electron chi connectivity index (χ3n) is 6.50. The van der Waals surface area contributed by atoms with Crippen molar-refractivity contribution in [1.29, 1.82) is 0 Å². The van der Waals surface area contributed by atoms with Crippen molar-refractivity contribution in [3.63, 3.8) is 0 Å². The predicted molar refractivity (Wildman–Crippen MR) is 138 cm³/mol. The second-order valence-corrected chi connectivity index (χ2v) is 9.34. The van der Waals surface area contributed by atoms with Crippen LogP contribution < -0.4 is 24.8 Å². The van der Waals surface area contributed by atoms with E-state index >= 15 is 0 Å². The Morgan fingerprint density at radius 3 is 2.66 bits per heavy atom. The summed E-state index contributed by atoms with van der Waals surface area (Å²) in [7, 11) is 4.97. The fourth-order valence-corrected chi connectivity index (χ4v) is 4.33. The highest BCUT2D eigenvalue weighted by Crippen LogP contribution is 2.28. The van der Waals surface area contributed by atoms with Gasteiger partial charge >= 0.3 is 0 Å². The Bertz CT molecular complexity index is 1140. The van der Waals surface area contributed by atoms with Gasteiger partial charge in [0.15, 0.2) is 18.1 Å². The minimum absolute atomic E-state index is 0.0534. The molecule has 2 aromatic carbocycles. The van der Waals surface area contributed by atoms with Crippen molar-refractivity contribution in [2.75, 3.05) is 60.7 Å². The highest BCUT2D eigenvalue weighted by Gasteiger charge is 2.38. The molecule has 0 aliphatic carbocycles. The lowest BCUT2D eigenvalue weighted by Crippen LogP contribution is -2.45. The standard InChI is InChI=1S/C27H34N4O7/c1-30(10-11-35-2)16-26(33)31-14-21-24(15-31)38-20-7-4-18(5-8-20)13-28-25(32)17-37-23-12-19(27(34)29-21)6-9-22(23)36-3/h4-9,12,21,24H,10-11,13-17H2,1-3H3,(H,28,32)(H,29,34)/t21-,24-/m0/s1. The summed E-state index contributed by atoms with van der Waals surface area (Å²) >= 11 is 0. The van der Waals surface area contributed by atoms with Gasteiger partial charge in [0.25, 0.3) is 11.8 Å². The fraction of sp³-hybridized carbons (Fsp3) is 0.444. The molecule has 0 spiro atoms. The first kappa shape index (κ1) is 27.2. The van der Waals surface area contributed by atoms with Gasteiger partial charge in [0, 0.05) is 32.3 Å². The molecule has 11 heteroatoms.